The molecule has 0 aliphatic rings. The van der Waals surface area contributed by atoms with Crippen LogP contribution in [-0.4, -0.2) is 6.10 Å². The molecular formula is C15H16F2N2O. The van der Waals surface area contributed by atoms with E-state index in [1.54, 1.807) is 18.2 Å². The monoisotopic (exact) mass is 278 g/mol. The minimum Gasteiger partial charge on any atom is -0.491 e. The van der Waals surface area contributed by atoms with Gasteiger partial charge in [0.1, 0.15) is 23.1 Å². The Hall–Kier alpha value is -2.30. The van der Waals surface area contributed by atoms with Crippen LogP contribution in [0.5, 0.6) is 5.75 Å². The van der Waals surface area contributed by atoms with Gasteiger partial charge in [0.2, 0.25) is 0 Å². The zero-order chi connectivity index (χ0) is 14.7. The highest BCUT2D eigenvalue weighted by molar-refractivity contribution is 5.66. The number of nitrogen functional groups attached to an aromatic ring is 1. The predicted octanol–water partition coefficient (Wildman–Crippen LogP) is 4.08. The molecule has 0 heterocycles. The molecule has 0 fully saturated rings. The highest BCUT2D eigenvalue weighted by Gasteiger charge is 2.10. The lowest BCUT2D eigenvalue weighted by Gasteiger charge is -2.14. The minimum atomic E-state index is -0.668. The number of ether oxygens (including phenoxy) is 1. The van der Waals surface area contributed by atoms with Crippen LogP contribution in [0.15, 0.2) is 36.4 Å². The molecule has 0 bridgehead atoms. The summed E-state index contributed by atoms with van der Waals surface area (Å²) in [7, 11) is 0. The number of hydrogen-bond donors (Lipinski definition) is 2. The molecule has 0 aromatic heterocycles. The average Bonchev–Trinajstić information content (AvgIpc) is 2.32. The van der Waals surface area contributed by atoms with Crippen LogP contribution >= 0.6 is 0 Å². The Labute approximate surface area is 116 Å². The molecule has 0 saturated carbocycles. The number of nitrogens with two attached hydrogens (primary N) is 1. The van der Waals surface area contributed by atoms with Crippen LogP contribution in [0.4, 0.5) is 25.8 Å². The Morgan fingerprint density at radius 1 is 1.10 bits per heavy atom. The molecule has 0 radical (unpaired) electrons. The number of para-hydroxylation sites is 1. The normalized spacial score (nSPS) is 10.7. The van der Waals surface area contributed by atoms with E-state index in [0.717, 1.165) is 0 Å². The van der Waals surface area contributed by atoms with Crippen molar-refractivity contribution in [2.75, 3.05) is 11.1 Å². The van der Waals surface area contributed by atoms with Crippen molar-refractivity contribution in [3.8, 4) is 5.75 Å². The standard InChI is InChI=1S/C15H16F2N2O/c1-9(2)20-12-7-10(18)6-11(8-12)19-15-13(16)4-3-5-14(15)17/h3-9,19H,18H2,1-2H3. The summed E-state index contributed by atoms with van der Waals surface area (Å²) in [5.74, 6) is -0.795. The number of anilines is 3. The SMILES string of the molecule is CC(C)Oc1cc(N)cc(Nc2c(F)cccc2F)c1. The quantitative estimate of drug-likeness (QED) is 0.828. The molecule has 0 aliphatic carbocycles. The molecule has 5 heteroatoms. The van der Waals surface area contributed by atoms with Gasteiger partial charge in [0.25, 0.3) is 0 Å². The predicted molar refractivity (Wildman–Crippen MR) is 76.3 cm³/mol. The van der Waals surface area contributed by atoms with E-state index >= 15 is 0 Å². The fourth-order valence-corrected chi connectivity index (χ4v) is 1.80. The van der Waals surface area contributed by atoms with Gasteiger partial charge in [-0.15, -0.1) is 0 Å². The molecule has 2 rings (SSSR count). The first-order valence-corrected chi connectivity index (χ1v) is 6.24. The average molecular weight is 278 g/mol. The van der Waals surface area contributed by atoms with Crippen LogP contribution in [0.3, 0.4) is 0 Å². The number of halogens is 2. The summed E-state index contributed by atoms with van der Waals surface area (Å²) >= 11 is 0. The van der Waals surface area contributed by atoms with E-state index in [9.17, 15) is 8.78 Å². The van der Waals surface area contributed by atoms with E-state index in [0.29, 0.717) is 17.1 Å². The highest BCUT2D eigenvalue weighted by atomic mass is 19.1. The van der Waals surface area contributed by atoms with Crippen molar-refractivity contribution in [1.29, 1.82) is 0 Å². The van der Waals surface area contributed by atoms with Crippen LogP contribution in [-0.2, 0) is 0 Å². The third-order valence-electron chi connectivity index (χ3n) is 2.53. The van der Waals surface area contributed by atoms with Gasteiger partial charge in [-0.3, -0.25) is 0 Å². The molecule has 2 aromatic carbocycles. The van der Waals surface area contributed by atoms with Gasteiger partial charge in [0, 0.05) is 23.5 Å². The second-order valence-electron chi connectivity index (χ2n) is 4.68. The summed E-state index contributed by atoms with van der Waals surface area (Å²) in [6.45, 7) is 3.76. The molecule has 106 valence electrons. The van der Waals surface area contributed by atoms with Gasteiger partial charge in [-0.2, -0.15) is 0 Å². The Kier molecular flexibility index (Phi) is 4.08. The molecule has 0 saturated heterocycles. The molecular weight excluding hydrogens is 262 g/mol. The zero-order valence-corrected chi connectivity index (χ0v) is 11.3. The first-order chi connectivity index (χ1) is 9.45. The van der Waals surface area contributed by atoms with E-state index in [4.69, 9.17) is 10.5 Å². The van der Waals surface area contributed by atoms with Crippen LogP contribution in [0.25, 0.3) is 0 Å². The van der Waals surface area contributed by atoms with E-state index in [1.165, 1.54) is 18.2 Å². The number of benzene rings is 2. The molecule has 0 spiro atoms. The van der Waals surface area contributed by atoms with Crippen molar-refractivity contribution in [3.63, 3.8) is 0 Å². The maximum atomic E-state index is 13.6. The van der Waals surface area contributed by atoms with Gasteiger partial charge < -0.3 is 15.8 Å². The minimum absolute atomic E-state index is 0.0187. The molecule has 0 unspecified atom stereocenters. The highest BCUT2D eigenvalue weighted by Crippen LogP contribution is 2.28. The molecule has 3 nitrogen and oxygen atoms in total. The maximum absolute atomic E-state index is 13.6. The van der Waals surface area contributed by atoms with Crippen LogP contribution in [0.2, 0.25) is 0 Å². The molecule has 0 atom stereocenters. The topological polar surface area (TPSA) is 47.3 Å². The van der Waals surface area contributed by atoms with Crippen LogP contribution in [0, 0.1) is 11.6 Å². The van der Waals surface area contributed by atoms with Crippen molar-refractivity contribution < 1.29 is 13.5 Å². The summed E-state index contributed by atoms with van der Waals surface area (Å²) in [5.41, 5.74) is 6.45. The van der Waals surface area contributed by atoms with Crippen molar-refractivity contribution >= 4 is 17.1 Å². The summed E-state index contributed by atoms with van der Waals surface area (Å²) in [6, 6.07) is 8.55. The molecule has 2 aromatic rings. The lowest BCUT2D eigenvalue weighted by atomic mass is 10.2. The first-order valence-electron chi connectivity index (χ1n) is 6.24. The van der Waals surface area contributed by atoms with Crippen molar-refractivity contribution in [2.45, 2.75) is 20.0 Å². The second-order valence-corrected chi connectivity index (χ2v) is 4.68. The van der Waals surface area contributed by atoms with Gasteiger partial charge in [0.15, 0.2) is 0 Å². The van der Waals surface area contributed by atoms with Gasteiger partial charge in [0.05, 0.1) is 6.10 Å². The summed E-state index contributed by atoms with van der Waals surface area (Å²) in [4.78, 5) is 0. The molecule has 0 aliphatic heterocycles. The smallest absolute Gasteiger partial charge is 0.149 e. The van der Waals surface area contributed by atoms with E-state index in [2.05, 4.69) is 5.32 Å². The van der Waals surface area contributed by atoms with E-state index < -0.39 is 11.6 Å². The van der Waals surface area contributed by atoms with E-state index in [-0.39, 0.29) is 11.8 Å². The van der Waals surface area contributed by atoms with E-state index in [1.807, 2.05) is 13.8 Å². The van der Waals surface area contributed by atoms with Crippen molar-refractivity contribution in [2.24, 2.45) is 0 Å². The van der Waals surface area contributed by atoms with Gasteiger partial charge in [-0.25, -0.2) is 8.78 Å². The summed E-state index contributed by atoms with van der Waals surface area (Å²) < 4.78 is 32.7. The van der Waals surface area contributed by atoms with Crippen LogP contribution < -0.4 is 15.8 Å². The Balaban J connectivity index is 2.31. The van der Waals surface area contributed by atoms with Crippen molar-refractivity contribution in [3.05, 3.63) is 48.0 Å². The number of nitrogens with one attached hydrogen (secondary N) is 1. The molecule has 3 N–H and O–H groups in total. The van der Waals surface area contributed by atoms with Gasteiger partial charge >= 0.3 is 0 Å². The third kappa shape index (κ3) is 3.38. The zero-order valence-electron chi connectivity index (χ0n) is 11.3. The summed E-state index contributed by atoms with van der Waals surface area (Å²) in [5, 5.41) is 2.68. The van der Waals surface area contributed by atoms with Gasteiger partial charge in [-0.1, -0.05) is 6.07 Å². The Morgan fingerprint density at radius 2 is 1.75 bits per heavy atom. The molecule has 0 amide bonds. The van der Waals surface area contributed by atoms with Crippen molar-refractivity contribution in [1.82, 2.24) is 0 Å². The first kappa shape index (κ1) is 14.1. The number of rotatable bonds is 4. The summed E-state index contributed by atoms with van der Waals surface area (Å²) in [6.07, 6.45) is -0.0187. The van der Waals surface area contributed by atoms with Crippen LogP contribution in [0.1, 0.15) is 13.8 Å². The maximum Gasteiger partial charge on any atom is 0.149 e. The molecule has 20 heavy (non-hydrogen) atoms. The lowest BCUT2D eigenvalue weighted by Crippen LogP contribution is -2.06. The Morgan fingerprint density at radius 3 is 2.35 bits per heavy atom. The second kappa shape index (κ2) is 5.77. The largest absolute Gasteiger partial charge is 0.491 e. The lowest BCUT2D eigenvalue weighted by molar-refractivity contribution is 0.242. The fourth-order valence-electron chi connectivity index (χ4n) is 1.80. The third-order valence-corrected chi connectivity index (χ3v) is 2.53. The number of hydrogen-bond acceptors (Lipinski definition) is 3. The fraction of sp³-hybridized carbons (Fsp3) is 0.200. The Bertz CT molecular complexity index is 595. The van der Waals surface area contributed by atoms with Gasteiger partial charge in [-0.05, 0) is 32.0 Å².